The van der Waals surface area contributed by atoms with Crippen LogP contribution in [-0.2, 0) is 20.7 Å². The fraction of sp³-hybridized carbons (Fsp3) is 0.333. The number of carbonyl (C=O) groups excluding carboxylic acids is 1. The maximum atomic E-state index is 11.7. The standard InChI is InChI=1S/C12H13Cl2NO4/c1-19-10(12(17)18)6-15-11(16)5-7-8(13)3-2-4-9(7)14/h2-4,10H,5-6H2,1H3,(H,15,16)(H,17,18). The van der Waals surface area contributed by atoms with Crippen LogP contribution in [0.1, 0.15) is 5.56 Å². The number of benzene rings is 1. The van der Waals surface area contributed by atoms with Crippen LogP contribution in [0.4, 0.5) is 0 Å². The lowest BCUT2D eigenvalue weighted by atomic mass is 10.1. The molecule has 1 rings (SSSR count). The largest absolute Gasteiger partial charge is 0.479 e. The number of rotatable bonds is 6. The van der Waals surface area contributed by atoms with Gasteiger partial charge in [0.25, 0.3) is 0 Å². The van der Waals surface area contributed by atoms with E-state index in [2.05, 4.69) is 5.32 Å². The second kappa shape index (κ2) is 7.33. The average molecular weight is 306 g/mol. The zero-order valence-electron chi connectivity index (χ0n) is 10.2. The first-order valence-corrected chi connectivity index (χ1v) is 6.16. The highest BCUT2D eigenvalue weighted by molar-refractivity contribution is 6.36. The number of nitrogens with one attached hydrogen (secondary N) is 1. The lowest BCUT2D eigenvalue weighted by Crippen LogP contribution is -2.38. The molecule has 2 N–H and O–H groups in total. The van der Waals surface area contributed by atoms with Crippen LogP contribution < -0.4 is 5.32 Å². The van der Waals surface area contributed by atoms with Crippen molar-refractivity contribution in [3.8, 4) is 0 Å². The first-order chi connectivity index (χ1) is 8.95. The highest BCUT2D eigenvalue weighted by Gasteiger charge is 2.18. The highest BCUT2D eigenvalue weighted by atomic mass is 35.5. The molecule has 19 heavy (non-hydrogen) atoms. The SMILES string of the molecule is COC(CNC(=O)Cc1c(Cl)cccc1Cl)C(=O)O. The molecule has 0 aromatic heterocycles. The quantitative estimate of drug-likeness (QED) is 0.839. The monoisotopic (exact) mass is 305 g/mol. The fourth-order valence-electron chi connectivity index (χ4n) is 1.40. The summed E-state index contributed by atoms with van der Waals surface area (Å²) in [4.78, 5) is 22.4. The third kappa shape index (κ3) is 4.70. The number of halogens is 2. The van der Waals surface area contributed by atoms with Crippen molar-refractivity contribution in [3.05, 3.63) is 33.8 Å². The van der Waals surface area contributed by atoms with Crippen molar-refractivity contribution in [3.63, 3.8) is 0 Å². The van der Waals surface area contributed by atoms with Gasteiger partial charge < -0.3 is 15.2 Å². The van der Waals surface area contributed by atoms with Gasteiger partial charge in [-0.25, -0.2) is 4.79 Å². The van der Waals surface area contributed by atoms with E-state index in [1.807, 2.05) is 0 Å². The van der Waals surface area contributed by atoms with Gasteiger partial charge in [0.2, 0.25) is 5.91 Å². The van der Waals surface area contributed by atoms with E-state index < -0.39 is 12.1 Å². The number of aliphatic carboxylic acids is 1. The Morgan fingerprint density at radius 1 is 1.37 bits per heavy atom. The Kier molecular flexibility index (Phi) is 6.08. The normalized spacial score (nSPS) is 11.9. The second-order valence-electron chi connectivity index (χ2n) is 3.74. The maximum absolute atomic E-state index is 11.7. The molecule has 0 radical (unpaired) electrons. The summed E-state index contributed by atoms with van der Waals surface area (Å²) in [6.45, 7) is -0.118. The third-order valence-electron chi connectivity index (χ3n) is 2.44. The molecule has 1 amide bonds. The van der Waals surface area contributed by atoms with Gasteiger partial charge in [-0.3, -0.25) is 4.79 Å². The summed E-state index contributed by atoms with van der Waals surface area (Å²) in [6, 6.07) is 4.94. The molecule has 1 atom stereocenters. The Balaban J connectivity index is 2.59. The van der Waals surface area contributed by atoms with Gasteiger partial charge in [-0.2, -0.15) is 0 Å². The summed E-state index contributed by atoms with van der Waals surface area (Å²) in [6.07, 6.45) is -1.10. The Morgan fingerprint density at radius 3 is 2.42 bits per heavy atom. The van der Waals surface area contributed by atoms with Crippen molar-refractivity contribution < 1.29 is 19.4 Å². The molecular weight excluding hydrogens is 293 g/mol. The molecule has 104 valence electrons. The summed E-state index contributed by atoms with van der Waals surface area (Å²) in [5, 5.41) is 12.0. The highest BCUT2D eigenvalue weighted by Crippen LogP contribution is 2.24. The van der Waals surface area contributed by atoms with Crippen LogP contribution in [0, 0.1) is 0 Å². The van der Waals surface area contributed by atoms with Gasteiger partial charge in [-0.15, -0.1) is 0 Å². The number of ether oxygens (including phenoxy) is 1. The van der Waals surface area contributed by atoms with Crippen molar-refractivity contribution in [2.24, 2.45) is 0 Å². The lowest BCUT2D eigenvalue weighted by molar-refractivity contribution is -0.148. The molecule has 0 saturated heterocycles. The number of hydrogen-bond acceptors (Lipinski definition) is 3. The van der Waals surface area contributed by atoms with E-state index >= 15 is 0 Å². The molecule has 0 saturated carbocycles. The number of amides is 1. The van der Waals surface area contributed by atoms with Gasteiger partial charge in [-0.05, 0) is 17.7 Å². The molecule has 0 aliphatic carbocycles. The van der Waals surface area contributed by atoms with Gasteiger partial charge in [-0.1, -0.05) is 29.3 Å². The number of hydrogen-bond donors (Lipinski definition) is 2. The Bertz CT molecular complexity index is 459. The van der Waals surface area contributed by atoms with Gasteiger partial charge in [0, 0.05) is 17.2 Å². The van der Waals surface area contributed by atoms with Crippen LogP contribution in [0.5, 0.6) is 0 Å². The molecule has 0 spiro atoms. The lowest BCUT2D eigenvalue weighted by Gasteiger charge is -2.12. The van der Waals surface area contributed by atoms with E-state index in [0.29, 0.717) is 15.6 Å². The number of methoxy groups -OCH3 is 1. The van der Waals surface area contributed by atoms with Crippen molar-refractivity contribution in [2.75, 3.05) is 13.7 Å². The van der Waals surface area contributed by atoms with E-state index in [0.717, 1.165) is 0 Å². The van der Waals surface area contributed by atoms with Gasteiger partial charge in [0.15, 0.2) is 6.10 Å². The molecule has 5 nitrogen and oxygen atoms in total. The van der Waals surface area contributed by atoms with Gasteiger partial charge in [0.05, 0.1) is 13.0 Å². The summed E-state index contributed by atoms with van der Waals surface area (Å²) in [5.74, 6) is -1.52. The minimum absolute atomic E-state index is 0.0193. The van der Waals surface area contributed by atoms with E-state index in [1.165, 1.54) is 7.11 Å². The molecule has 7 heteroatoms. The number of carboxylic acid groups (broad SMARTS) is 1. The smallest absolute Gasteiger partial charge is 0.334 e. The van der Waals surface area contributed by atoms with Crippen molar-refractivity contribution in [2.45, 2.75) is 12.5 Å². The summed E-state index contributed by atoms with van der Waals surface area (Å²) in [7, 11) is 1.26. The van der Waals surface area contributed by atoms with Crippen molar-refractivity contribution in [1.82, 2.24) is 5.32 Å². The number of carboxylic acids is 1. The minimum Gasteiger partial charge on any atom is -0.479 e. The van der Waals surface area contributed by atoms with Crippen LogP contribution in [0.25, 0.3) is 0 Å². The molecule has 1 aromatic rings. The Labute approximate surface area is 120 Å². The third-order valence-corrected chi connectivity index (χ3v) is 3.15. The van der Waals surface area contributed by atoms with Crippen molar-refractivity contribution >= 4 is 35.1 Å². The van der Waals surface area contributed by atoms with Gasteiger partial charge >= 0.3 is 5.97 Å². The Hall–Kier alpha value is -1.30. The van der Waals surface area contributed by atoms with Crippen LogP contribution in [0.3, 0.4) is 0 Å². The summed E-state index contributed by atoms with van der Waals surface area (Å²) >= 11 is 11.9. The maximum Gasteiger partial charge on any atom is 0.334 e. The predicted molar refractivity (Wildman–Crippen MR) is 71.6 cm³/mol. The van der Waals surface area contributed by atoms with Gasteiger partial charge in [0.1, 0.15) is 0 Å². The molecule has 0 bridgehead atoms. The molecule has 0 fully saturated rings. The summed E-state index contributed by atoms with van der Waals surface area (Å²) in [5.41, 5.74) is 0.507. The van der Waals surface area contributed by atoms with E-state index in [-0.39, 0.29) is 18.9 Å². The Morgan fingerprint density at radius 2 is 1.95 bits per heavy atom. The van der Waals surface area contributed by atoms with Crippen LogP contribution in [0.2, 0.25) is 10.0 Å². The van der Waals surface area contributed by atoms with Crippen LogP contribution in [0.15, 0.2) is 18.2 Å². The molecule has 0 heterocycles. The minimum atomic E-state index is -1.14. The summed E-state index contributed by atoms with van der Waals surface area (Å²) < 4.78 is 4.69. The second-order valence-corrected chi connectivity index (χ2v) is 4.56. The zero-order valence-corrected chi connectivity index (χ0v) is 11.7. The first kappa shape index (κ1) is 15.8. The van der Waals surface area contributed by atoms with Crippen LogP contribution >= 0.6 is 23.2 Å². The molecule has 0 aliphatic heterocycles. The first-order valence-electron chi connectivity index (χ1n) is 5.41. The van der Waals surface area contributed by atoms with E-state index in [4.69, 9.17) is 33.0 Å². The fourth-order valence-corrected chi connectivity index (χ4v) is 1.93. The number of carbonyl (C=O) groups is 2. The zero-order chi connectivity index (χ0) is 14.4. The topological polar surface area (TPSA) is 75.6 Å². The molecule has 1 aromatic carbocycles. The van der Waals surface area contributed by atoms with E-state index in [9.17, 15) is 9.59 Å². The van der Waals surface area contributed by atoms with Crippen molar-refractivity contribution in [1.29, 1.82) is 0 Å². The molecule has 1 unspecified atom stereocenters. The molecule has 0 aliphatic rings. The van der Waals surface area contributed by atoms with E-state index in [1.54, 1.807) is 18.2 Å². The van der Waals surface area contributed by atoms with Crippen LogP contribution in [-0.4, -0.2) is 36.7 Å². The predicted octanol–water partition coefficient (Wildman–Crippen LogP) is 1.75. The molecular formula is C12H13Cl2NO4. The average Bonchev–Trinajstić information content (AvgIpc) is 2.34.